The highest BCUT2D eigenvalue weighted by Gasteiger charge is 2.14. The Morgan fingerprint density at radius 3 is 3.05 bits per heavy atom. The van der Waals surface area contributed by atoms with E-state index in [1.807, 2.05) is 35.7 Å². The molecule has 0 saturated heterocycles. The van der Waals surface area contributed by atoms with E-state index in [2.05, 4.69) is 10.3 Å². The number of rotatable bonds is 2. The van der Waals surface area contributed by atoms with E-state index in [0.717, 1.165) is 17.1 Å². The number of thiophene rings is 1. The molecule has 1 atom stereocenters. The molecule has 2 aromatic rings. The molecule has 3 rings (SSSR count). The highest BCUT2D eigenvalue weighted by Crippen LogP contribution is 2.22. The molecule has 4 N–H and O–H groups in total. The Kier molecular flexibility index (Phi) is 3.82. The van der Waals surface area contributed by atoms with E-state index in [-0.39, 0.29) is 6.10 Å². The van der Waals surface area contributed by atoms with E-state index in [9.17, 15) is 5.11 Å². The van der Waals surface area contributed by atoms with Crippen LogP contribution in [-0.4, -0.2) is 23.6 Å². The molecule has 0 bridgehead atoms. The van der Waals surface area contributed by atoms with Gasteiger partial charge in [-0.25, -0.2) is 4.99 Å². The Labute approximate surface area is 122 Å². The number of amidine groups is 1. The number of fused-ring (bicyclic) bond motifs is 1. The summed E-state index contributed by atoms with van der Waals surface area (Å²) in [5.41, 5.74) is 9.22. The number of hydrogen-bond donors (Lipinski definition) is 3. The third-order valence-electron chi connectivity index (χ3n) is 3.36. The highest BCUT2D eigenvalue weighted by atomic mass is 32.1. The van der Waals surface area contributed by atoms with Crippen molar-refractivity contribution in [1.29, 1.82) is 0 Å². The maximum absolute atomic E-state index is 9.77. The Morgan fingerprint density at radius 2 is 2.25 bits per heavy atom. The first-order chi connectivity index (χ1) is 9.72. The summed E-state index contributed by atoms with van der Waals surface area (Å²) in [5, 5.41) is 15.0. The lowest BCUT2D eigenvalue weighted by Gasteiger charge is -2.08. The SMILES string of the molecule is NC(=Nc1ccc2c(c1)CNCC(O)C2)c1cccs1. The number of benzene rings is 1. The van der Waals surface area contributed by atoms with Crippen LogP contribution in [0.2, 0.25) is 0 Å². The Morgan fingerprint density at radius 1 is 1.35 bits per heavy atom. The van der Waals surface area contributed by atoms with Gasteiger partial charge < -0.3 is 16.2 Å². The zero-order chi connectivity index (χ0) is 13.9. The quantitative estimate of drug-likeness (QED) is 0.582. The van der Waals surface area contributed by atoms with E-state index < -0.39 is 0 Å². The predicted octanol–water partition coefficient (Wildman–Crippen LogP) is 1.79. The first-order valence-corrected chi connectivity index (χ1v) is 7.49. The second-order valence-electron chi connectivity index (χ2n) is 4.92. The van der Waals surface area contributed by atoms with Crippen molar-refractivity contribution >= 4 is 22.9 Å². The second kappa shape index (κ2) is 5.75. The smallest absolute Gasteiger partial charge is 0.141 e. The molecule has 104 valence electrons. The van der Waals surface area contributed by atoms with Crippen LogP contribution in [0.4, 0.5) is 5.69 Å². The van der Waals surface area contributed by atoms with Crippen molar-refractivity contribution in [2.24, 2.45) is 10.7 Å². The topological polar surface area (TPSA) is 70.6 Å². The zero-order valence-corrected chi connectivity index (χ0v) is 11.9. The predicted molar refractivity (Wildman–Crippen MR) is 82.6 cm³/mol. The largest absolute Gasteiger partial charge is 0.391 e. The van der Waals surface area contributed by atoms with Crippen molar-refractivity contribution in [3.8, 4) is 0 Å². The van der Waals surface area contributed by atoms with Crippen LogP contribution in [0.15, 0.2) is 40.7 Å². The minimum Gasteiger partial charge on any atom is -0.391 e. The number of hydrogen-bond acceptors (Lipinski definition) is 4. The molecule has 1 aromatic heterocycles. The lowest BCUT2D eigenvalue weighted by molar-refractivity contribution is 0.175. The average molecular weight is 287 g/mol. The van der Waals surface area contributed by atoms with Crippen molar-refractivity contribution in [2.75, 3.05) is 6.54 Å². The molecule has 0 aliphatic carbocycles. The minimum atomic E-state index is -0.318. The van der Waals surface area contributed by atoms with E-state index in [1.54, 1.807) is 11.3 Å². The number of β-amino-alcohol motifs (C(OH)–C–C–N with tert-alkyl or cyclic N) is 1. The molecule has 1 aliphatic heterocycles. The molecule has 1 aromatic carbocycles. The molecule has 5 heteroatoms. The van der Waals surface area contributed by atoms with Crippen LogP contribution in [0.25, 0.3) is 0 Å². The summed E-state index contributed by atoms with van der Waals surface area (Å²) < 4.78 is 0. The third kappa shape index (κ3) is 2.90. The van der Waals surface area contributed by atoms with Crippen LogP contribution in [0, 0.1) is 0 Å². The monoisotopic (exact) mass is 287 g/mol. The fourth-order valence-electron chi connectivity index (χ4n) is 2.36. The maximum atomic E-state index is 9.77. The van der Waals surface area contributed by atoms with Crippen LogP contribution >= 0.6 is 11.3 Å². The molecule has 2 heterocycles. The van der Waals surface area contributed by atoms with Gasteiger partial charge in [-0.3, -0.25) is 0 Å². The average Bonchev–Trinajstić information content (AvgIpc) is 2.89. The fourth-order valence-corrected chi connectivity index (χ4v) is 2.99. The van der Waals surface area contributed by atoms with Crippen molar-refractivity contribution in [3.05, 3.63) is 51.7 Å². The molecule has 0 amide bonds. The summed E-state index contributed by atoms with van der Waals surface area (Å²) in [5.74, 6) is 0.543. The number of aliphatic hydroxyl groups is 1. The van der Waals surface area contributed by atoms with Gasteiger partial charge in [0.2, 0.25) is 0 Å². The van der Waals surface area contributed by atoms with Crippen molar-refractivity contribution in [2.45, 2.75) is 19.1 Å². The van der Waals surface area contributed by atoms with Gasteiger partial charge in [-0.1, -0.05) is 12.1 Å². The molecular formula is C15H17N3OS. The summed E-state index contributed by atoms with van der Waals surface area (Å²) in [4.78, 5) is 5.45. The molecule has 1 aliphatic rings. The number of aliphatic hydroxyl groups excluding tert-OH is 1. The van der Waals surface area contributed by atoms with Crippen LogP contribution in [-0.2, 0) is 13.0 Å². The molecule has 0 saturated carbocycles. The molecule has 1 unspecified atom stereocenters. The minimum absolute atomic E-state index is 0.318. The first kappa shape index (κ1) is 13.3. The van der Waals surface area contributed by atoms with Crippen molar-refractivity contribution in [1.82, 2.24) is 5.32 Å². The van der Waals surface area contributed by atoms with Gasteiger partial charge in [-0.15, -0.1) is 11.3 Å². The molecule has 0 fully saturated rings. The fraction of sp³-hybridized carbons (Fsp3) is 0.267. The van der Waals surface area contributed by atoms with Gasteiger partial charge in [0.1, 0.15) is 5.84 Å². The van der Waals surface area contributed by atoms with Gasteiger partial charge in [0.05, 0.1) is 16.7 Å². The molecule has 20 heavy (non-hydrogen) atoms. The Hall–Kier alpha value is -1.69. The zero-order valence-electron chi connectivity index (χ0n) is 11.0. The van der Waals surface area contributed by atoms with Crippen LogP contribution in [0.1, 0.15) is 16.0 Å². The van der Waals surface area contributed by atoms with Gasteiger partial charge in [-0.2, -0.15) is 0 Å². The summed E-state index contributed by atoms with van der Waals surface area (Å²) in [6, 6.07) is 9.96. The Balaban J connectivity index is 1.89. The van der Waals surface area contributed by atoms with Gasteiger partial charge in [0, 0.05) is 13.1 Å². The second-order valence-corrected chi connectivity index (χ2v) is 5.86. The van der Waals surface area contributed by atoms with E-state index in [4.69, 9.17) is 5.73 Å². The maximum Gasteiger partial charge on any atom is 0.141 e. The van der Waals surface area contributed by atoms with Crippen LogP contribution in [0.5, 0.6) is 0 Å². The number of nitrogens with two attached hydrogens (primary N) is 1. The molecule has 0 radical (unpaired) electrons. The number of aliphatic imine (C=N–C) groups is 1. The standard InChI is InChI=1S/C15H17N3OS/c16-15(14-2-1-5-20-14)18-12-4-3-10-7-13(19)9-17-8-11(10)6-12/h1-6,13,17,19H,7-9H2,(H2,16,18). The molecule has 0 spiro atoms. The van der Waals surface area contributed by atoms with Crippen LogP contribution < -0.4 is 11.1 Å². The van der Waals surface area contributed by atoms with Gasteiger partial charge in [0.15, 0.2) is 0 Å². The lowest BCUT2D eigenvalue weighted by Crippen LogP contribution is -2.24. The molecular weight excluding hydrogens is 270 g/mol. The number of nitrogens with one attached hydrogen (secondary N) is 1. The van der Waals surface area contributed by atoms with Crippen molar-refractivity contribution < 1.29 is 5.11 Å². The summed E-state index contributed by atoms with van der Waals surface area (Å²) >= 11 is 1.58. The lowest BCUT2D eigenvalue weighted by atomic mass is 10.0. The van der Waals surface area contributed by atoms with Gasteiger partial charge in [0.25, 0.3) is 0 Å². The van der Waals surface area contributed by atoms with Gasteiger partial charge >= 0.3 is 0 Å². The van der Waals surface area contributed by atoms with Gasteiger partial charge in [-0.05, 0) is 41.1 Å². The summed E-state index contributed by atoms with van der Waals surface area (Å²) in [6.07, 6.45) is 0.369. The summed E-state index contributed by atoms with van der Waals surface area (Å²) in [7, 11) is 0. The first-order valence-electron chi connectivity index (χ1n) is 6.61. The summed E-state index contributed by atoms with van der Waals surface area (Å²) in [6.45, 7) is 1.39. The Bertz CT molecular complexity index is 622. The van der Waals surface area contributed by atoms with Crippen LogP contribution in [0.3, 0.4) is 0 Å². The molecule has 4 nitrogen and oxygen atoms in total. The number of nitrogens with zero attached hydrogens (tertiary/aromatic N) is 1. The highest BCUT2D eigenvalue weighted by molar-refractivity contribution is 7.12. The van der Waals surface area contributed by atoms with E-state index in [1.165, 1.54) is 11.1 Å². The van der Waals surface area contributed by atoms with E-state index in [0.29, 0.717) is 18.8 Å². The third-order valence-corrected chi connectivity index (χ3v) is 4.26. The normalized spacial score (nSPS) is 19.4. The van der Waals surface area contributed by atoms with E-state index >= 15 is 0 Å². The van der Waals surface area contributed by atoms with Crippen molar-refractivity contribution in [3.63, 3.8) is 0 Å².